The highest BCUT2D eigenvalue weighted by Gasteiger charge is 2.46. The average Bonchev–Trinajstić information content (AvgIpc) is 3.26. The van der Waals surface area contributed by atoms with E-state index in [9.17, 15) is 4.79 Å². The molecule has 3 rings (SSSR count). The van der Waals surface area contributed by atoms with Gasteiger partial charge >= 0.3 is 6.03 Å². The number of pyridine rings is 1. The first-order chi connectivity index (χ1) is 10.2. The molecule has 1 unspecified atom stereocenters. The van der Waals surface area contributed by atoms with Crippen molar-refractivity contribution in [3.05, 3.63) is 30.1 Å². The van der Waals surface area contributed by atoms with E-state index in [1.54, 1.807) is 12.4 Å². The second-order valence-corrected chi connectivity index (χ2v) is 6.38. The molecule has 2 aliphatic rings. The minimum Gasteiger partial charge on any atom is -0.379 e. The summed E-state index contributed by atoms with van der Waals surface area (Å²) in [6, 6.07) is 4.12. The molecule has 1 saturated heterocycles. The monoisotopic (exact) mass is 289 g/mol. The minimum absolute atomic E-state index is 0.0355. The summed E-state index contributed by atoms with van der Waals surface area (Å²) in [4.78, 5) is 18.3. The van der Waals surface area contributed by atoms with Gasteiger partial charge in [0, 0.05) is 36.9 Å². The molecular weight excluding hydrogens is 266 g/mol. The predicted molar refractivity (Wildman–Crippen MR) is 80.0 cm³/mol. The van der Waals surface area contributed by atoms with E-state index >= 15 is 0 Å². The fraction of sp³-hybridized carbons (Fsp3) is 0.625. The Labute approximate surface area is 125 Å². The number of hydrogen-bond donors (Lipinski definition) is 1. The van der Waals surface area contributed by atoms with Crippen LogP contribution in [0.4, 0.5) is 4.79 Å². The molecule has 0 bridgehead atoms. The number of carbonyl (C=O) groups is 1. The molecule has 2 heterocycles. The Kier molecular flexibility index (Phi) is 4.10. The first-order valence-corrected chi connectivity index (χ1v) is 7.69. The number of rotatable bonds is 3. The van der Waals surface area contributed by atoms with Gasteiger partial charge in [-0.05, 0) is 43.9 Å². The number of aromatic nitrogens is 1. The van der Waals surface area contributed by atoms with E-state index in [0.717, 1.165) is 19.6 Å². The van der Waals surface area contributed by atoms with Crippen molar-refractivity contribution in [2.24, 2.45) is 5.41 Å². The quantitative estimate of drug-likeness (QED) is 0.923. The second-order valence-electron chi connectivity index (χ2n) is 6.38. The predicted octanol–water partition coefficient (Wildman–Crippen LogP) is 1.83. The lowest BCUT2D eigenvalue weighted by molar-refractivity contribution is 0.115. The van der Waals surface area contributed by atoms with Crippen LogP contribution in [0.3, 0.4) is 0 Å². The Balaban J connectivity index is 1.53. The van der Waals surface area contributed by atoms with Crippen molar-refractivity contribution in [2.75, 3.05) is 26.3 Å². The maximum absolute atomic E-state index is 12.4. The van der Waals surface area contributed by atoms with E-state index < -0.39 is 0 Å². The highest BCUT2D eigenvalue weighted by Crippen LogP contribution is 2.47. The summed E-state index contributed by atoms with van der Waals surface area (Å²) in [6.07, 6.45) is 6.76. The summed E-state index contributed by atoms with van der Waals surface area (Å²) in [6.45, 7) is 5.02. The maximum atomic E-state index is 12.4. The normalized spacial score (nSPS) is 21.7. The van der Waals surface area contributed by atoms with Gasteiger partial charge in [-0.1, -0.05) is 0 Å². The molecule has 1 atom stereocenters. The van der Waals surface area contributed by atoms with Gasteiger partial charge in [-0.2, -0.15) is 0 Å². The van der Waals surface area contributed by atoms with E-state index in [4.69, 9.17) is 4.74 Å². The lowest BCUT2D eigenvalue weighted by Gasteiger charge is -2.25. The first-order valence-electron chi connectivity index (χ1n) is 7.69. The number of nitrogens with one attached hydrogen (secondary N) is 1. The van der Waals surface area contributed by atoms with Gasteiger partial charge in [0.2, 0.25) is 0 Å². The van der Waals surface area contributed by atoms with Gasteiger partial charge in [0.15, 0.2) is 0 Å². The van der Waals surface area contributed by atoms with Crippen LogP contribution in [0, 0.1) is 5.41 Å². The molecule has 114 valence electrons. The Morgan fingerprint density at radius 2 is 2.24 bits per heavy atom. The standard InChI is InChI=1S/C16H23N3O2/c1-13(10-14-2-6-17-7-3-14)18-15(20)19-8-9-21-12-16(11-19)4-5-16/h2-3,6-7,13H,4-5,8-12H2,1H3,(H,18,20). The van der Waals surface area contributed by atoms with Gasteiger partial charge in [-0.25, -0.2) is 4.79 Å². The van der Waals surface area contributed by atoms with Gasteiger partial charge in [0.25, 0.3) is 0 Å². The smallest absolute Gasteiger partial charge is 0.317 e. The molecule has 1 spiro atoms. The Hall–Kier alpha value is -1.62. The lowest BCUT2D eigenvalue weighted by Crippen LogP contribution is -2.46. The van der Waals surface area contributed by atoms with Crippen LogP contribution in [0.15, 0.2) is 24.5 Å². The third-order valence-corrected chi connectivity index (χ3v) is 4.35. The number of amides is 2. The molecular formula is C16H23N3O2. The Bertz CT molecular complexity index is 488. The molecule has 1 aliphatic carbocycles. The zero-order valence-electron chi connectivity index (χ0n) is 12.5. The van der Waals surface area contributed by atoms with Crippen LogP contribution in [0.25, 0.3) is 0 Å². The van der Waals surface area contributed by atoms with Crippen molar-refractivity contribution in [3.8, 4) is 0 Å². The zero-order chi connectivity index (χ0) is 14.7. The van der Waals surface area contributed by atoms with Crippen molar-refractivity contribution >= 4 is 6.03 Å². The fourth-order valence-electron chi connectivity index (χ4n) is 2.87. The maximum Gasteiger partial charge on any atom is 0.317 e. The van der Waals surface area contributed by atoms with Crippen molar-refractivity contribution in [2.45, 2.75) is 32.2 Å². The van der Waals surface area contributed by atoms with E-state index in [1.807, 2.05) is 24.0 Å². The van der Waals surface area contributed by atoms with E-state index in [-0.39, 0.29) is 17.5 Å². The van der Waals surface area contributed by atoms with Crippen molar-refractivity contribution in [1.82, 2.24) is 15.2 Å². The topological polar surface area (TPSA) is 54.5 Å². The number of carbonyl (C=O) groups excluding carboxylic acids is 1. The van der Waals surface area contributed by atoms with Crippen molar-refractivity contribution < 1.29 is 9.53 Å². The van der Waals surface area contributed by atoms with Crippen LogP contribution in [0.2, 0.25) is 0 Å². The summed E-state index contributed by atoms with van der Waals surface area (Å²) >= 11 is 0. The van der Waals surface area contributed by atoms with E-state index in [2.05, 4.69) is 10.3 Å². The van der Waals surface area contributed by atoms with Crippen LogP contribution in [-0.2, 0) is 11.2 Å². The molecule has 1 aromatic heterocycles. The fourth-order valence-corrected chi connectivity index (χ4v) is 2.87. The van der Waals surface area contributed by atoms with Crippen LogP contribution >= 0.6 is 0 Å². The van der Waals surface area contributed by atoms with Crippen LogP contribution in [-0.4, -0.2) is 48.3 Å². The van der Waals surface area contributed by atoms with Crippen LogP contribution in [0.5, 0.6) is 0 Å². The molecule has 2 amide bonds. The van der Waals surface area contributed by atoms with Gasteiger partial charge in [0.05, 0.1) is 13.2 Å². The number of ether oxygens (including phenoxy) is 1. The number of nitrogens with zero attached hydrogens (tertiary/aromatic N) is 2. The Morgan fingerprint density at radius 1 is 1.48 bits per heavy atom. The SMILES string of the molecule is CC(Cc1ccncc1)NC(=O)N1CCOCC2(CC2)C1. The lowest BCUT2D eigenvalue weighted by atomic mass is 10.1. The molecule has 0 radical (unpaired) electrons. The summed E-state index contributed by atoms with van der Waals surface area (Å²) in [5.41, 5.74) is 1.44. The molecule has 1 aliphatic heterocycles. The molecule has 1 aromatic rings. The molecule has 5 heteroatoms. The first kappa shape index (κ1) is 14.3. The molecule has 21 heavy (non-hydrogen) atoms. The molecule has 2 fully saturated rings. The molecule has 0 aromatic carbocycles. The molecule has 1 N–H and O–H groups in total. The third kappa shape index (κ3) is 3.73. The average molecular weight is 289 g/mol. The Morgan fingerprint density at radius 3 is 2.95 bits per heavy atom. The molecule has 1 saturated carbocycles. The summed E-state index contributed by atoms with van der Waals surface area (Å²) in [5.74, 6) is 0. The largest absolute Gasteiger partial charge is 0.379 e. The van der Waals surface area contributed by atoms with Crippen molar-refractivity contribution in [1.29, 1.82) is 0 Å². The van der Waals surface area contributed by atoms with Gasteiger partial charge in [-0.3, -0.25) is 4.98 Å². The minimum atomic E-state index is 0.0355. The highest BCUT2D eigenvalue weighted by atomic mass is 16.5. The summed E-state index contributed by atoms with van der Waals surface area (Å²) < 4.78 is 5.62. The number of hydrogen-bond acceptors (Lipinski definition) is 3. The van der Waals surface area contributed by atoms with Crippen LogP contribution < -0.4 is 5.32 Å². The second kappa shape index (κ2) is 6.02. The van der Waals surface area contributed by atoms with Crippen LogP contribution in [0.1, 0.15) is 25.3 Å². The zero-order valence-corrected chi connectivity index (χ0v) is 12.5. The highest BCUT2D eigenvalue weighted by molar-refractivity contribution is 5.74. The number of urea groups is 1. The summed E-state index contributed by atoms with van der Waals surface area (Å²) in [7, 11) is 0. The van der Waals surface area contributed by atoms with Crippen molar-refractivity contribution in [3.63, 3.8) is 0 Å². The van der Waals surface area contributed by atoms with E-state index in [0.29, 0.717) is 13.2 Å². The molecule has 5 nitrogen and oxygen atoms in total. The third-order valence-electron chi connectivity index (χ3n) is 4.35. The van der Waals surface area contributed by atoms with Gasteiger partial charge in [-0.15, -0.1) is 0 Å². The van der Waals surface area contributed by atoms with Gasteiger partial charge < -0.3 is 15.0 Å². The van der Waals surface area contributed by atoms with Gasteiger partial charge in [0.1, 0.15) is 0 Å². The summed E-state index contributed by atoms with van der Waals surface area (Å²) in [5, 5.41) is 3.10. The van der Waals surface area contributed by atoms with E-state index in [1.165, 1.54) is 18.4 Å².